The van der Waals surface area contributed by atoms with Crippen LogP contribution >= 0.6 is 11.7 Å². The summed E-state index contributed by atoms with van der Waals surface area (Å²) in [6, 6.07) is 6.41. The van der Waals surface area contributed by atoms with Gasteiger partial charge in [0.25, 0.3) is 5.91 Å². The van der Waals surface area contributed by atoms with Crippen LogP contribution in [0.5, 0.6) is 5.75 Å². The van der Waals surface area contributed by atoms with Gasteiger partial charge in [-0.3, -0.25) is 9.59 Å². The van der Waals surface area contributed by atoms with E-state index in [9.17, 15) is 14.7 Å². The van der Waals surface area contributed by atoms with E-state index in [0.717, 1.165) is 34.4 Å². The number of para-hydroxylation sites is 1. The molecule has 0 saturated heterocycles. The maximum absolute atomic E-state index is 12.5. The Bertz CT molecular complexity index is 1080. The highest BCUT2D eigenvalue weighted by atomic mass is 32.1. The molecule has 31 heavy (non-hydrogen) atoms. The molecule has 0 spiro atoms. The predicted octanol–water partition coefficient (Wildman–Crippen LogP) is 3.61. The molecule has 10 nitrogen and oxygen atoms in total. The Kier molecular flexibility index (Phi) is 6.75. The Morgan fingerprint density at radius 3 is 2.68 bits per heavy atom. The minimum Gasteiger partial charge on any atom is -0.505 e. The molecule has 0 fully saturated rings. The fraction of sp³-hybridized carbons (Fsp3) is 0.300. The molecule has 3 rings (SSSR count). The van der Waals surface area contributed by atoms with Crippen molar-refractivity contribution < 1.29 is 24.2 Å². The van der Waals surface area contributed by atoms with Gasteiger partial charge < -0.3 is 30.2 Å². The highest BCUT2D eigenvalue weighted by molar-refractivity contribution is 6.99. The van der Waals surface area contributed by atoms with Crippen LogP contribution in [0, 0.1) is 6.92 Å². The molecule has 11 heteroatoms. The molecule has 3 aromatic rings. The van der Waals surface area contributed by atoms with E-state index in [1.165, 1.54) is 13.1 Å². The number of phenols is 1. The Labute approximate surface area is 182 Å². The maximum atomic E-state index is 12.5. The van der Waals surface area contributed by atoms with E-state index in [1.807, 2.05) is 19.9 Å². The first kappa shape index (κ1) is 22.1. The van der Waals surface area contributed by atoms with Crippen molar-refractivity contribution in [3.8, 4) is 5.75 Å². The van der Waals surface area contributed by atoms with Crippen LogP contribution in [0.4, 0.5) is 17.3 Å². The monoisotopic (exact) mass is 445 g/mol. The lowest BCUT2D eigenvalue weighted by atomic mass is 10.1. The number of carboxylic acids is 1. The molecule has 1 atom stereocenters. The summed E-state index contributed by atoms with van der Waals surface area (Å²) < 4.78 is 14.1. The van der Waals surface area contributed by atoms with Crippen LogP contribution in [0.2, 0.25) is 0 Å². The standard InChI is InChI=1S/C20H23N5O5S/c1-4-13(15-8-11(2)10-30-15)21-18-19(24-31-23-18)22-14-7-5-6-12(17(14)28)20(29)25(3)9-16(26)27/h5-8,10,13,28H,4,9H2,1-3H3,(H,21,23)(H,22,24)(H,26,27)/t13-/m1/s1. The number of nitrogens with zero attached hydrogens (tertiary/aromatic N) is 3. The molecule has 0 aliphatic heterocycles. The summed E-state index contributed by atoms with van der Waals surface area (Å²) in [6.07, 6.45) is 2.43. The van der Waals surface area contributed by atoms with Crippen molar-refractivity contribution in [1.29, 1.82) is 0 Å². The molecule has 2 heterocycles. The van der Waals surface area contributed by atoms with Crippen molar-refractivity contribution in [2.75, 3.05) is 24.2 Å². The maximum Gasteiger partial charge on any atom is 0.323 e. The zero-order valence-corrected chi connectivity index (χ0v) is 18.1. The van der Waals surface area contributed by atoms with Crippen LogP contribution in [0.1, 0.15) is 41.1 Å². The Morgan fingerprint density at radius 2 is 2.03 bits per heavy atom. The number of nitrogens with one attached hydrogen (secondary N) is 2. The third kappa shape index (κ3) is 5.12. The molecular weight excluding hydrogens is 422 g/mol. The molecule has 164 valence electrons. The number of amides is 1. The van der Waals surface area contributed by atoms with Crippen molar-refractivity contribution in [3.05, 3.63) is 47.4 Å². The fourth-order valence-electron chi connectivity index (χ4n) is 2.97. The van der Waals surface area contributed by atoms with Crippen molar-refractivity contribution in [2.24, 2.45) is 0 Å². The third-order valence-corrected chi connectivity index (χ3v) is 5.07. The minimum absolute atomic E-state index is 0.0241. The van der Waals surface area contributed by atoms with E-state index in [-0.39, 0.29) is 23.0 Å². The average molecular weight is 446 g/mol. The van der Waals surface area contributed by atoms with Gasteiger partial charge in [0.2, 0.25) is 0 Å². The zero-order chi connectivity index (χ0) is 22.5. The van der Waals surface area contributed by atoms with Gasteiger partial charge in [-0.2, -0.15) is 8.75 Å². The van der Waals surface area contributed by atoms with E-state index in [0.29, 0.717) is 11.6 Å². The van der Waals surface area contributed by atoms with Gasteiger partial charge in [0, 0.05) is 7.05 Å². The number of hydrogen-bond acceptors (Lipinski definition) is 9. The van der Waals surface area contributed by atoms with Gasteiger partial charge in [0.1, 0.15) is 12.3 Å². The van der Waals surface area contributed by atoms with E-state index in [1.54, 1.807) is 18.4 Å². The first-order valence-corrected chi connectivity index (χ1v) is 10.2. The number of carbonyl (C=O) groups excluding carboxylic acids is 1. The summed E-state index contributed by atoms with van der Waals surface area (Å²) in [5.41, 5.74) is 1.24. The van der Waals surface area contributed by atoms with Crippen molar-refractivity contribution in [1.82, 2.24) is 13.6 Å². The Morgan fingerprint density at radius 1 is 1.29 bits per heavy atom. The molecule has 1 aromatic carbocycles. The number of aromatic nitrogens is 2. The van der Waals surface area contributed by atoms with Crippen molar-refractivity contribution in [2.45, 2.75) is 26.3 Å². The van der Waals surface area contributed by atoms with Gasteiger partial charge >= 0.3 is 5.97 Å². The second-order valence-corrected chi connectivity index (χ2v) is 7.50. The number of furan rings is 1. The van der Waals surface area contributed by atoms with Gasteiger partial charge in [0.15, 0.2) is 17.4 Å². The number of phenolic OH excluding ortho intramolecular Hbond substituents is 1. The molecule has 0 aliphatic carbocycles. The van der Waals surface area contributed by atoms with Crippen molar-refractivity contribution in [3.63, 3.8) is 0 Å². The lowest BCUT2D eigenvalue weighted by molar-refractivity contribution is -0.137. The largest absolute Gasteiger partial charge is 0.505 e. The zero-order valence-electron chi connectivity index (χ0n) is 17.2. The van der Waals surface area contributed by atoms with E-state index in [2.05, 4.69) is 19.4 Å². The van der Waals surface area contributed by atoms with Crippen LogP contribution in [0.15, 0.2) is 34.9 Å². The molecular formula is C20H23N5O5S. The molecule has 1 amide bonds. The Balaban J connectivity index is 1.80. The molecule has 0 bridgehead atoms. The predicted molar refractivity (Wildman–Crippen MR) is 116 cm³/mol. The van der Waals surface area contributed by atoms with Crippen LogP contribution in [-0.4, -0.2) is 49.3 Å². The summed E-state index contributed by atoms with van der Waals surface area (Å²) in [7, 11) is 1.35. The molecule has 2 aromatic heterocycles. The number of benzene rings is 1. The lowest BCUT2D eigenvalue weighted by Gasteiger charge is -2.17. The fourth-order valence-corrected chi connectivity index (χ4v) is 3.44. The summed E-state index contributed by atoms with van der Waals surface area (Å²) in [4.78, 5) is 24.4. The van der Waals surface area contributed by atoms with Crippen LogP contribution < -0.4 is 10.6 Å². The van der Waals surface area contributed by atoms with Crippen LogP contribution in [-0.2, 0) is 4.79 Å². The molecule has 0 saturated carbocycles. The number of carboxylic acid groups (broad SMARTS) is 1. The Hall–Kier alpha value is -3.60. The molecule has 0 aliphatic rings. The second-order valence-electron chi connectivity index (χ2n) is 6.97. The topological polar surface area (TPSA) is 141 Å². The second kappa shape index (κ2) is 9.47. The highest BCUT2D eigenvalue weighted by Gasteiger charge is 2.22. The number of carbonyl (C=O) groups is 2. The molecule has 0 unspecified atom stereocenters. The van der Waals surface area contributed by atoms with Crippen LogP contribution in [0.25, 0.3) is 0 Å². The number of rotatable bonds is 9. The number of aryl methyl sites for hydroxylation is 1. The minimum atomic E-state index is -1.15. The molecule has 4 N–H and O–H groups in total. The first-order chi connectivity index (χ1) is 14.8. The van der Waals surface area contributed by atoms with Gasteiger partial charge in [-0.15, -0.1) is 0 Å². The third-order valence-electron chi connectivity index (χ3n) is 4.54. The number of hydrogen-bond donors (Lipinski definition) is 4. The first-order valence-electron chi connectivity index (χ1n) is 9.50. The van der Waals surface area contributed by atoms with Gasteiger partial charge in [-0.25, -0.2) is 0 Å². The smallest absolute Gasteiger partial charge is 0.323 e. The van der Waals surface area contributed by atoms with Gasteiger partial charge in [-0.1, -0.05) is 13.0 Å². The van der Waals surface area contributed by atoms with E-state index in [4.69, 9.17) is 9.52 Å². The number of anilines is 3. The normalized spacial score (nSPS) is 11.7. The quantitative estimate of drug-likeness (QED) is 0.363. The number of aromatic hydroxyl groups is 1. The lowest BCUT2D eigenvalue weighted by Crippen LogP contribution is -2.32. The number of likely N-dealkylation sites (N-methyl/N-ethyl adjacent to an activating group) is 1. The molecule has 0 radical (unpaired) electrons. The summed E-state index contributed by atoms with van der Waals surface area (Å²) in [6.45, 7) is 3.48. The summed E-state index contributed by atoms with van der Waals surface area (Å²) in [5.74, 6) is -0.438. The number of aliphatic carboxylic acids is 1. The SMILES string of the molecule is CC[C@@H](Nc1nsnc1Nc1cccc(C(=O)N(C)CC(=O)O)c1O)c1cc(C)co1. The summed E-state index contributed by atoms with van der Waals surface area (Å²) >= 11 is 0.989. The van der Waals surface area contributed by atoms with E-state index < -0.39 is 18.4 Å². The highest BCUT2D eigenvalue weighted by Crippen LogP contribution is 2.34. The van der Waals surface area contributed by atoms with Crippen LogP contribution in [0.3, 0.4) is 0 Å². The summed E-state index contributed by atoms with van der Waals surface area (Å²) in [5, 5.41) is 25.8. The van der Waals surface area contributed by atoms with Gasteiger partial charge in [0.05, 0.1) is 35.3 Å². The van der Waals surface area contributed by atoms with Gasteiger partial charge in [-0.05, 0) is 37.1 Å². The average Bonchev–Trinajstić information content (AvgIpc) is 3.35. The van der Waals surface area contributed by atoms with Crippen molar-refractivity contribution >= 4 is 40.9 Å². The van der Waals surface area contributed by atoms with E-state index >= 15 is 0 Å².